The summed E-state index contributed by atoms with van der Waals surface area (Å²) < 4.78 is 0. The van der Waals surface area contributed by atoms with Crippen molar-refractivity contribution in [1.82, 2.24) is 4.90 Å². The largest absolute Gasteiger partial charge is 0.369 e. The molecule has 1 aromatic rings. The highest BCUT2D eigenvalue weighted by molar-refractivity contribution is 5.95. The number of piperidine rings is 1. The number of hydrogen-bond acceptors (Lipinski definition) is 2. The Bertz CT molecular complexity index is 698. The summed E-state index contributed by atoms with van der Waals surface area (Å²) in [6.07, 6.45) is 3.64. The van der Waals surface area contributed by atoms with Gasteiger partial charge in [0.2, 0.25) is 5.91 Å². The first-order chi connectivity index (χ1) is 11.6. The Labute approximate surface area is 150 Å². The second-order valence-corrected chi connectivity index (χ2v) is 9.00. The molecule has 0 atom stereocenters. The van der Waals surface area contributed by atoms with Crippen LogP contribution in [0.3, 0.4) is 0 Å². The van der Waals surface area contributed by atoms with Crippen molar-refractivity contribution in [3.05, 3.63) is 34.9 Å². The van der Waals surface area contributed by atoms with Crippen LogP contribution in [0, 0.1) is 5.92 Å². The molecule has 1 aromatic carbocycles. The second-order valence-electron chi connectivity index (χ2n) is 9.00. The minimum atomic E-state index is -0.245. The van der Waals surface area contributed by atoms with Crippen LogP contribution in [0.15, 0.2) is 18.2 Å². The number of carbonyl (C=O) groups excluding carboxylic acids is 2. The maximum atomic E-state index is 12.9. The first-order valence-electron chi connectivity index (χ1n) is 9.35. The van der Waals surface area contributed by atoms with Gasteiger partial charge in [-0.05, 0) is 59.8 Å². The first kappa shape index (κ1) is 18.0. The third-order valence-corrected chi connectivity index (χ3v) is 6.28. The lowest BCUT2D eigenvalue weighted by atomic mass is 9.63. The van der Waals surface area contributed by atoms with Gasteiger partial charge in [0.15, 0.2) is 0 Å². The van der Waals surface area contributed by atoms with Gasteiger partial charge >= 0.3 is 0 Å². The Hall–Kier alpha value is -1.84. The Balaban J connectivity index is 1.85. The Morgan fingerprint density at radius 3 is 2.12 bits per heavy atom. The lowest BCUT2D eigenvalue weighted by Gasteiger charge is -2.42. The molecule has 4 nitrogen and oxygen atoms in total. The maximum absolute atomic E-state index is 12.9. The summed E-state index contributed by atoms with van der Waals surface area (Å²) in [6.45, 7) is 10.3. The molecule has 0 unspecified atom stereocenters. The van der Waals surface area contributed by atoms with Crippen LogP contribution in [0.4, 0.5) is 0 Å². The molecule has 136 valence electrons. The second kappa shape index (κ2) is 6.15. The van der Waals surface area contributed by atoms with Gasteiger partial charge in [-0.25, -0.2) is 0 Å². The van der Waals surface area contributed by atoms with Crippen LogP contribution in [0.2, 0.25) is 0 Å². The van der Waals surface area contributed by atoms with Crippen LogP contribution in [-0.4, -0.2) is 29.8 Å². The van der Waals surface area contributed by atoms with Gasteiger partial charge in [-0.2, -0.15) is 0 Å². The van der Waals surface area contributed by atoms with Gasteiger partial charge in [-0.1, -0.05) is 33.8 Å². The minimum Gasteiger partial charge on any atom is -0.369 e. The summed E-state index contributed by atoms with van der Waals surface area (Å²) in [5.41, 5.74) is 9.09. The first-order valence-corrected chi connectivity index (χ1v) is 9.35. The minimum absolute atomic E-state index is 0.0740. The highest BCUT2D eigenvalue weighted by Crippen LogP contribution is 2.46. The van der Waals surface area contributed by atoms with Crippen molar-refractivity contribution in [3.63, 3.8) is 0 Å². The quantitative estimate of drug-likeness (QED) is 0.895. The van der Waals surface area contributed by atoms with Gasteiger partial charge in [0.25, 0.3) is 5.91 Å². The van der Waals surface area contributed by atoms with E-state index in [4.69, 9.17) is 5.73 Å². The topological polar surface area (TPSA) is 63.4 Å². The third-order valence-electron chi connectivity index (χ3n) is 6.28. The molecule has 1 aliphatic heterocycles. The van der Waals surface area contributed by atoms with Gasteiger partial charge in [-0.15, -0.1) is 0 Å². The van der Waals surface area contributed by atoms with Gasteiger partial charge in [0.05, 0.1) is 0 Å². The lowest BCUT2D eigenvalue weighted by molar-refractivity contribution is -0.123. The molecule has 0 bridgehead atoms. The number of hydrogen-bond donors (Lipinski definition) is 1. The number of carbonyl (C=O) groups is 2. The van der Waals surface area contributed by atoms with Gasteiger partial charge < -0.3 is 10.6 Å². The SMILES string of the molecule is CC1(C)CCC(C)(C)c2cc(C(=O)N3CCC(C(N)=O)CC3)ccc21. The molecule has 25 heavy (non-hydrogen) atoms. The fourth-order valence-corrected chi connectivity index (χ4v) is 4.27. The Morgan fingerprint density at radius 2 is 1.56 bits per heavy atom. The van der Waals surface area contributed by atoms with E-state index in [0.717, 1.165) is 12.0 Å². The van der Waals surface area contributed by atoms with Crippen molar-refractivity contribution in [2.75, 3.05) is 13.1 Å². The number of amides is 2. The van der Waals surface area contributed by atoms with E-state index in [1.54, 1.807) is 0 Å². The van der Waals surface area contributed by atoms with Crippen LogP contribution in [0.25, 0.3) is 0 Å². The average Bonchev–Trinajstić information content (AvgIpc) is 2.58. The zero-order chi connectivity index (χ0) is 18.4. The Kier molecular flexibility index (Phi) is 4.42. The molecular weight excluding hydrogens is 312 g/mol. The van der Waals surface area contributed by atoms with E-state index in [0.29, 0.717) is 25.9 Å². The monoisotopic (exact) mass is 342 g/mol. The van der Waals surface area contributed by atoms with Crippen LogP contribution >= 0.6 is 0 Å². The molecule has 1 saturated heterocycles. The van der Waals surface area contributed by atoms with E-state index < -0.39 is 0 Å². The normalized spacial score (nSPS) is 22.3. The molecule has 4 heteroatoms. The highest BCUT2D eigenvalue weighted by atomic mass is 16.2. The van der Waals surface area contributed by atoms with E-state index in [1.807, 2.05) is 11.0 Å². The highest BCUT2D eigenvalue weighted by Gasteiger charge is 2.37. The number of fused-ring (bicyclic) bond motifs is 1. The van der Waals surface area contributed by atoms with Crippen molar-refractivity contribution in [2.45, 2.75) is 64.2 Å². The van der Waals surface area contributed by atoms with Crippen LogP contribution < -0.4 is 5.73 Å². The predicted molar refractivity (Wildman–Crippen MR) is 99.5 cm³/mol. The lowest BCUT2D eigenvalue weighted by Crippen LogP contribution is -2.42. The van der Waals surface area contributed by atoms with Gasteiger partial charge in [-0.3, -0.25) is 9.59 Å². The van der Waals surface area contributed by atoms with E-state index in [-0.39, 0.29) is 28.6 Å². The summed E-state index contributed by atoms with van der Waals surface area (Å²) in [4.78, 5) is 26.1. The molecule has 1 heterocycles. The van der Waals surface area contributed by atoms with Crippen molar-refractivity contribution < 1.29 is 9.59 Å². The summed E-state index contributed by atoms with van der Waals surface area (Å²) in [5.74, 6) is -0.262. The number of nitrogens with two attached hydrogens (primary N) is 1. The van der Waals surface area contributed by atoms with Crippen molar-refractivity contribution in [1.29, 1.82) is 0 Å². The van der Waals surface area contributed by atoms with Crippen molar-refractivity contribution >= 4 is 11.8 Å². The molecule has 1 fully saturated rings. The number of likely N-dealkylation sites (tertiary alicyclic amines) is 1. The molecule has 1 aliphatic carbocycles. The Morgan fingerprint density at radius 1 is 1.00 bits per heavy atom. The molecule has 2 amide bonds. The van der Waals surface area contributed by atoms with Crippen LogP contribution in [0.5, 0.6) is 0 Å². The van der Waals surface area contributed by atoms with E-state index in [1.165, 1.54) is 17.5 Å². The summed E-state index contributed by atoms with van der Waals surface area (Å²) in [6, 6.07) is 6.24. The molecule has 2 aliphatic rings. The van der Waals surface area contributed by atoms with Gasteiger partial charge in [0, 0.05) is 24.6 Å². The third kappa shape index (κ3) is 3.31. The summed E-state index contributed by atoms with van der Waals surface area (Å²) in [5, 5.41) is 0. The average molecular weight is 342 g/mol. The number of nitrogens with zero attached hydrogens (tertiary/aromatic N) is 1. The van der Waals surface area contributed by atoms with Crippen molar-refractivity contribution in [3.8, 4) is 0 Å². The summed E-state index contributed by atoms with van der Waals surface area (Å²) >= 11 is 0. The molecular formula is C21H30N2O2. The van der Waals surface area contributed by atoms with Gasteiger partial charge in [0.1, 0.15) is 0 Å². The van der Waals surface area contributed by atoms with Crippen LogP contribution in [0.1, 0.15) is 74.9 Å². The van der Waals surface area contributed by atoms with Crippen molar-refractivity contribution in [2.24, 2.45) is 11.7 Å². The molecule has 0 saturated carbocycles. The molecule has 0 aromatic heterocycles. The fourth-order valence-electron chi connectivity index (χ4n) is 4.27. The number of rotatable bonds is 2. The summed E-state index contributed by atoms with van der Waals surface area (Å²) in [7, 11) is 0. The molecule has 0 radical (unpaired) electrons. The van der Waals surface area contributed by atoms with E-state index in [9.17, 15) is 9.59 Å². The van der Waals surface area contributed by atoms with Crippen LogP contribution in [-0.2, 0) is 15.6 Å². The smallest absolute Gasteiger partial charge is 0.253 e. The molecule has 0 spiro atoms. The number of benzene rings is 1. The molecule has 3 rings (SSSR count). The zero-order valence-electron chi connectivity index (χ0n) is 15.9. The van der Waals surface area contributed by atoms with E-state index in [2.05, 4.69) is 39.8 Å². The zero-order valence-corrected chi connectivity index (χ0v) is 15.9. The molecule has 2 N–H and O–H groups in total. The standard InChI is InChI=1S/C21H30N2O2/c1-20(2)9-10-21(3,4)17-13-15(5-6-16(17)20)19(25)23-11-7-14(8-12-23)18(22)24/h5-6,13-14H,7-12H2,1-4H3,(H2,22,24). The fraction of sp³-hybridized carbons (Fsp3) is 0.619. The predicted octanol–water partition coefficient (Wildman–Crippen LogP) is 3.37. The van der Waals surface area contributed by atoms with E-state index >= 15 is 0 Å². The maximum Gasteiger partial charge on any atom is 0.253 e. The number of primary amides is 1.